The number of nitrogens with one attached hydrogen (secondary N) is 1. The molecule has 0 spiro atoms. The van der Waals surface area contributed by atoms with Crippen LogP contribution >= 0.6 is 0 Å². The van der Waals surface area contributed by atoms with Gasteiger partial charge in [-0.2, -0.15) is 0 Å². The molecule has 2 rings (SSSR count). The van der Waals surface area contributed by atoms with E-state index in [-0.39, 0.29) is 45.8 Å². The third-order valence-corrected chi connectivity index (χ3v) is 4.26. The van der Waals surface area contributed by atoms with Crippen LogP contribution < -0.4 is 5.32 Å². The molecule has 0 aromatic heterocycles. The molecule has 0 aliphatic carbocycles. The van der Waals surface area contributed by atoms with E-state index in [0.717, 1.165) is 0 Å². The highest BCUT2D eigenvalue weighted by molar-refractivity contribution is 6.05. The number of esters is 1. The number of hydrogen-bond acceptors (Lipinski definition) is 7. The van der Waals surface area contributed by atoms with E-state index in [1.807, 2.05) is 0 Å². The van der Waals surface area contributed by atoms with E-state index in [9.17, 15) is 14.7 Å². The van der Waals surface area contributed by atoms with Crippen molar-refractivity contribution in [2.24, 2.45) is 5.16 Å². The predicted octanol–water partition coefficient (Wildman–Crippen LogP) is 4.21. The van der Waals surface area contributed by atoms with Crippen LogP contribution in [-0.4, -0.2) is 40.8 Å². The SMILES string of the molecule is COC(=O)c1cc(C(C)=NO)c(O)c(-c2cccc(CNC(=O)OC(C)(C)C)c2F)c1. The highest BCUT2D eigenvalue weighted by Gasteiger charge is 2.21. The van der Waals surface area contributed by atoms with Crippen molar-refractivity contribution < 1.29 is 33.8 Å². The van der Waals surface area contributed by atoms with Crippen LogP contribution in [0.3, 0.4) is 0 Å². The number of alkyl carbamates (subject to hydrolysis) is 1. The monoisotopic (exact) mass is 432 g/mol. The van der Waals surface area contributed by atoms with Crippen molar-refractivity contribution in [1.82, 2.24) is 5.32 Å². The third-order valence-electron chi connectivity index (χ3n) is 4.26. The van der Waals surface area contributed by atoms with E-state index in [1.165, 1.54) is 38.3 Å². The first-order chi connectivity index (χ1) is 14.5. The molecular weight excluding hydrogens is 407 g/mol. The summed E-state index contributed by atoms with van der Waals surface area (Å²) in [6, 6.07) is 6.99. The molecule has 3 N–H and O–H groups in total. The molecule has 2 aromatic carbocycles. The maximum Gasteiger partial charge on any atom is 0.407 e. The van der Waals surface area contributed by atoms with Crippen LogP contribution in [0.4, 0.5) is 9.18 Å². The maximum absolute atomic E-state index is 15.3. The van der Waals surface area contributed by atoms with Crippen molar-refractivity contribution >= 4 is 17.8 Å². The number of nitrogens with zero attached hydrogens (tertiary/aromatic N) is 1. The zero-order valence-corrected chi connectivity index (χ0v) is 17.9. The number of ether oxygens (including phenoxy) is 2. The van der Waals surface area contributed by atoms with Crippen molar-refractivity contribution in [3.63, 3.8) is 0 Å². The van der Waals surface area contributed by atoms with Crippen LogP contribution in [-0.2, 0) is 16.0 Å². The van der Waals surface area contributed by atoms with Gasteiger partial charge in [0.1, 0.15) is 17.2 Å². The fraction of sp³-hybridized carbons (Fsp3) is 0.318. The Hall–Kier alpha value is -3.62. The molecule has 8 nitrogen and oxygen atoms in total. The minimum atomic E-state index is -0.712. The Labute approximate surface area is 179 Å². The number of phenols is 1. The molecule has 0 unspecified atom stereocenters. The molecule has 0 saturated heterocycles. The number of carbonyl (C=O) groups is 2. The second-order valence-electron chi connectivity index (χ2n) is 7.73. The number of rotatable bonds is 5. The van der Waals surface area contributed by atoms with Crippen LogP contribution in [0.15, 0.2) is 35.5 Å². The number of benzene rings is 2. The topological polar surface area (TPSA) is 117 Å². The zero-order chi connectivity index (χ0) is 23.3. The number of amides is 1. The second kappa shape index (κ2) is 9.46. The summed E-state index contributed by atoms with van der Waals surface area (Å²) in [7, 11) is 1.19. The van der Waals surface area contributed by atoms with Gasteiger partial charge in [0, 0.05) is 28.8 Å². The van der Waals surface area contributed by atoms with E-state index in [2.05, 4.69) is 10.5 Å². The molecule has 0 aliphatic heterocycles. The average molecular weight is 432 g/mol. The van der Waals surface area contributed by atoms with Gasteiger partial charge >= 0.3 is 12.1 Å². The summed E-state index contributed by atoms with van der Waals surface area (Å²) in [5, 5.41) is 25.3. The van der Waals surface area contributed by atoms with Gasteiger partial charge in [-0.15, -0.1) is 0 Å². The minimum absolute atomic E-state index is 0.00230. The minimum Gasteiger partial charge on any atom is -0.507 e. The first-order valence-electron chi connectivity index (χ1n) is 9.37. The number of methoxy groups -OCH3 is 1. The molecule has 31 heavy (non-hydrogen) atoms. The normalized spacial score (nSPS) is 11.7. The van der Waals surface area contributed by atoms with Crippen LogP contribution in [0, 0.1) is 5.82 Å². The van der Waals surface area contributed by atoms with Gasteiger partial charge in [-0.05, 0) is 39.8 Å². The molecule has 0 bridgehead atoms. The van der Waals surface area contributed by atoms with Gasteiger partial charge in [-0.3, -0.25) is 0 Å². The molecule has 9 heteroatoms. The lowest BCUT2D eigenvalue weighted by Crippen LogP contribution is -2.32. The Morgan fingerprint density at radius 3 is 2.45 bits per heavy atom. The van der Waals surface area contributed by atoms with Crippen molar-refractivity contribution in [3.05, 3.63) is 52.8 Å². The number of carbonyl (C=O) groups excluding carboxylic acids is 2. The number of halogens is 1. The first-order valence-corrected chi connectivity index (χ1v) is 9.37. The van der Waals surface area contributed by atoms with E-state index < -0.39 is 23.5 Å². The van der Waals surface area contributed by atoms with Gasteiger partial charge in [0.05, 0.1) is 18.4 Å². The highest BCUT2D eigenvalue weighted by Crippen LogP contribution is 2.36. The van der Waals surface area contributed by atoms with Gasteiger partial charge in [0.2, 0.25) is 0 Å². The van der Waals surface area contributed by atoms with Crippen molar-refractivity contribution in [2.45, 2.75) is 39.8 Å². The Kier molecular flexibility index (Phi) is 7.22. The number of phenolic OH excluding ortho intramolecular Hbond substituents is 1. The molecule has 0 saturated carbocycles. The summed E-state index contributed by atoms with van der Waals surface area (Å²) in [5.41, 5.74) is -0.487. The van der Waals surface area contributed by atoms with Gasteiger partial charge < -0.3 is 25.1 Å². The lowest BCUT2D eigenvalue weighted by Gasteiger charge is -2.20. The summed E-state index contributed by atoms with van der Waals surface area (Å²) < 4.78 is 25.1. The van der Waals surface area contributed by atoms with Crippen molar-refractivity contribution in [1.29, 1.82) is 0 Å². The molecular formula is C22H25FN2O6. The second-order valence-corrected chi connectivity index (χ2v) is 7.73. The standard InChI is InChI=1S/C22H25FN2O6/c1-12(25-29)16-9-14(20(27)30-5)10-17(19(16)26)15-8-6-7-13(18(15)23)11-24-21(28)31-22(2,3)4/h6-10,26,29H,11H2,1-5H3,(H,24,28). The largest absolute Gasteiger partial charge is 0.507 e. The summed E-state index contributed by atoms with van der Waals surface area (Å²) in [5.74, 6) is -1.80. The first kappa shape index (κ1) is 23.7. The molecule has 0 heterocycles. The van der Waals surface area contributed by atoms with Gasteiger partial charge in [0.15, 0.2) is 0 Å². The Balaban J connectivity index is 2.50. The van der Waals surface area contributed by atoms with Gasteiger partial charge in [-0.1, -0.05) is 23.4 Å². The van der Waals surface area contributed by atoms with E-state index in [0.29, 0.717) is 0 Å². The van der Waals surface area contributed by atoms with E-state index in [4.69, 9.17) is 14.7 Å². The van der Waals surface area contributed by atoms with Crippen LogP contribution in [0.5, 0.6) is 5.75 Å². The van der Waals surface area contributed by atoms with Crippen LogP contribution in [0.25, 0.3) is 11.1 Å². The van der Waals surface area contributed by atoms with Crippen molar-refractivity contribution in [3.8, 4) is 16.9 Å². The predicted molar refractivity (Wildman–Crippen MR) is 112 cm³/mol. The zero-order valence-electron chi connectivity index (χ0n) is 17.9. The van der Waals surface area contributed by atoms with Gasteiger partial charge in [-0.25, -0.2) is 14.0 Å². The lowest BCUT2D eigenvalue weighted by molar-refractivity contribution is 0.0522. The fourth-order valence-corrected chi connectivity index (χ4v) is 2.81. The number of oxime groups is 1. The number of hydrogen-bond donors (Lipinski definition) is 3. The van der Waals surface area contributed by atoms with Crippen LogP contribution in [0.1, 0.15) is 49.2 Å². The smallest absolute Gasteiger partial charge is 0.407 e. The summed E-state index contributed by atoms with van der Waals surface area (Å²) in [6.07, 6.45) is -0.704. The molecule has 0 radical (unpaired) electrons. The Morgan fingerprint density at radius 1 is 1.19 bits per heavy atom. The third kappa shape index (κ3) is 5.71. The summed E-state index contributed by atoms with van der Waals surface area (Å²) in [4.78, 5) is 23.9. The molecule has 1 amide bonds. The molecule has 166 valence electrons. The highest BCUT2D eigenvalue weighted by atomic mass is 19.1. The summed E-state index contributed by atoms with van der Waals surface area (Å²) in [6.45, 7) is 6.38. The van der Waals surface area contributed by atoms with E-state index in [1.54, 1.807) is 26.8 Å². The molecule has 2 aromatic rings. The molecule has 0 atom stereocenters. The van der Waals surface area contributed by atoms with Gasteiger partial charge in [0.25, 0.3) is 0 Å². The van der Waals surface area contributed by atoms with E-state index >= 15 is 4.39 Å². The fourth-order valence-electron chi connectivity index (χ4n) is 2.81. The Morgan fingerprint density at radius 2 is 1.87 bits per heavy atom. The van der Waals surface area contributed by atoms with Crippen molar-refractivity contribution in [2.75, 3.05) is 7.11 Å². The number of aromatic hydroxyl groups is 1. The lowest BCUT2D eigenvalue weighted by atomic mass is 9.94. The van der Waals surface area contributed by atoms with Crippen LogP contribution in [0.2, 0.25) is 0 Å². The quantitative estimate of drug-likeness (QED) is 0.282. The molecule has 0 fully saturated rings. The average Bonchev–Trinajstić information content (AvgIpc) is 2.71. The molecule has 0 aliphatic rings. The maximum atomic E-state index is 15.3. The summed E-state index contributed by atoms with van der Waals surface area (Å²) >= 11 is 0. The Bertz CT molecular complexity index is 1030.